The van der Waals surface area contributed by atoms with Crippen LogP contribution in [0.15, 0.2) is 95.9 Å². The highest BCUT2D eigenvalue weighted by Gasteiger charge is 2.27. The number of aryl methyl sites for hydroxylation is 1. The van der Waals surface area contributed by atoms with Crippen LogP contribution in [0.4, 0.5) is 10.1 Å². The maximum atomic E-state index is 13.4. The van der Waals surface area contributed by atoms with Crippen LogP contribution < -0.4 is 14.4 Å². The average molecular weight is 493 g/mol. The van der Waals surface area contributed by atoms with Crippen molar-refractivity contribution in [2.45, 2.75) is 11.8 Å². The van der Waals surface area contributed by atoms with Gasteiger partial charge in [-0.05, 0) is 66.2 Å². The van der Waals surface area contributed by atoms with E-state index in [0.717, 1.165) is 32.8 Å². The molecule has 0 aromatic heterocycles. The molecule has 180 valence electrons. The number of hydrogen-bond acceptors (Lipinski definition) is 4. The summed E-state index contributed by atoms with van der Waals surface area (Å²) < 4.78 is 46.8. The van der Waals surface area contributed by atoms with E-state index in [-0.39, 0.29) is 23.7 Å². The molecule has 4 rings (SSSR count). The third kappa shape index (κ3) is 5.96. The average Bonchev–Trinajstić information content (AvgIpc) is 2.86. The van der Waals surface area contributed by atoms with Gasteiger partial charge in [0.25, 0.3) is 10.0 Å². The number of benzene rings is 4. The first kappa shape index (κ1) is 24.2. The SMILES string of the molecule is Cc1ccc(S(=O)(=O)N(CC(=O)NCCOc2ccc3ccccc3c2)c2ccc(F)cc2)cc1. The first-order valence-corrected chi connectivity index (χ1v) is 12.5. The molecule has 0 bridgehead atoms. The van der Waals surface area contributed by atoms with Crippen molar-refractivity contribution in [3.8, 4) is 5.75 Å². The quantitative estimate of drug-likeness (QED) is 0.344. The Hall–Kier alpha value is -3.91. The molecule has 0 aliphatic rings. The van der Waals surface area contributed by atoms with Gasteiger partial charge in [-0.15, -0.1) is 0 Å². The summed E-state index contributed by atoms with van der Waals surface area (Å²) in [5.41, 5.74) is 1.09. The maximum absolute atomic E-state index is 13.4. The predicted octanol–water partition coefficient (Wildman–Crippen LogP) is 4.68. The molecule has 1 amide bonds. The Morgan fingerprint density at radius 3 is 2.31 bits per heavy atom. The second-order valence-electron chi connectivity index (χ2n) is 8.01. The predicted molar refractivity (Wildman–Crippen MR) is 135 cm³/mol. The van der Waals surface area contributed by atoms with Crippen molar-refractivity contribution < 1.29 is 22.3 Å². The van der Waals surface area contributed by atoms with Gasteiger partial charge in [0, 0.05) is 0 Å². The number of rotatable bonds is 9. The van der Waals surface area contributed by atoms with Crippen LogP contribution in [0.25, 0.3) is 10.8 Å². The molecule has 0 unspecified atom stereocenters. The Balaban J connectivity index is 1.42. The second kappa shape index (κ2) is 10.6. The molecule has 0 heterocycles. The Morgan fingerprint density at radius 1 is 0.914 bits per heavy atom. The van der Waals surface area contributed by atoms with Gasteiger partial charge in [0.15, 0.2) is 0 Å². The lowest BCUT2D eigenvalue weighted by Gasteiger charge is -2.24. The Bertz CT molecular complexity index is 1420. The van der Waals surface area contributed by atoms with Crippen LogP contribution in [0.1, 0.15) is 5.56 Å². The van der Waals surface area contributed by atoms with Crippen LogP contribution >= 0.6 is 0 Å². The number of nitrogens with one attached hydrogen (secondary N) is 1. The minimum absolute atomic E-state index is 0.0415. The number of nitrogens with zero attached hydrogens (tertiary/aromatic N) is 1. The second-order valence-corrected chi connectivity index (χ2v) is 9.87. The fourth-order valence-electron chi connectivity index (χ4n) is 3.56. The summed E-state index contributed by atoms with van der Waals surface area (Å²) in [4.78, 5) is 12.7. The molecule has 35 heavy (non-hydrogen) atoms. The van der Waals surface area contributed by atoms with Gasteiger partial charge in [-0.25, -0.2) is 12.8 Å². The smallest absolute Gasteiger partial charge is 0.264 e. The van der Waals surface area contributed by atoms with Crippen molar-refractivity contribution in [3.63, 3.8) is 0 Å². The lowest BCUT2D eigenvalue weighted by molar-refractivity contribution is -0.119. The van der Waals surface area contributed by atoms with Crippen LogP contribution in [0, 0.1) is 12.7 Å². The van der Waals surface area contributed by atoms with E-state index in [9.17, 15) is 17.6 Å². The lowest BCUT2D eigenvalue weighted by Crippen LogP contribution is -2.41. The molecule has 8 heteroatoms. The van der Waals surface area contributed by atoms with E-state index < -0.39 is 28.3 Å². The molecule has 0 saturated carbocycles. The number of carbonyl (C=O) groups is 1. The first-order chi connectivity index (χ1) is 16.8. The van der Waals surface area contributed by atoms with E-state index in [4.69, 9.17) is 4.74 Å². The van der Waals surface area contributed by atoms with Crippen LogP contribution in [0.3, 0.4) is 0 Å². The highest BCUT2D eigenvalue weighted by atomic mass is 32.2. The summed E-state index contributed by atoms with van der Waals surface area (Å²) in [6.45, 7) is 1.79. The van der Waals surface area contributed by atoms with E-state index in [1.807, 2.05) is 49.4 Å². The summed E-state index contributed by atoms with van der Waals surface area (Å²) >= 11 is 0. The molecular formula is C27H25FN2O4S. The molecule has 0 aliphatic heterocycles. The molecular weight excluding hydrogens is 467 g/mol. The van der Waals surface area contributed by atoms with Crippen molar-refractivity contribution in [1.82, 2.24) is 5.32 Å². The van der Waals surface area contributed by atoms with E-state index in [1.54, 1.807) is 12.1 Å². The fourth-order valence-corrected chi connectivity index (χ4v) is 4.98. The molecule has 0 aliphatic carbocycles. The highest BCUT2D eigenvalue weighted by Crippen LogP contribution is 2.24. The van der Waals surface area contributed by atoms with Gasteiger partial charge in [-0.2, -0.15) is 0 Å². The number of sulfonamides is 1. The third-order valence-corrected chi connectivity index (χ3v) is 7.21. The molecule has 4 aromatic carbocycles. The molecule has 0 spiro atoms. The monoisotopic (exact) mass is 492 g/mol. The first-order valence-electron chi connectivity index (χ1n) is 11.1. The van der Waals surface area contributed by atoms with Crippen molar-refractivity contribution in [2.24, 2.45) is 0 Å². The third-order valence-electron chi connectivity index (χ3n) is 5.42. The van der Waals surface area contributed by atoms with Crippen molar-refractivity contribution in [2.75, 3.05) is 24.0 Å². The number of halogens is 1. The largest absolute Gasteiger partial charge is 0.492 e. The van der Waals surface area contributed by atoms with Crippen LogP contribution in [0.2, 0.25) is 0 Å². The van der Waals surface area contributed by atoms with Gasteiger partial charge in [0.1, 0.15) is 24.7 Å². The minimum Gasteiger partial charge on any atom is -0.492 e. The lowest BCUT2D eigenvalue weighted by atomic mass is 10.1. The van der Waals surface area contributed by atoms with Crippen LogP contribution in [-0.2, 0) is 14.8 Å². The molecule has 4 aromatic rings. The normalized spacial score (nSPS) is 11.3. The van der Waals surface area contributed by atoms with Crippen molar-refractivity contribution in [3.05, 3.63) is 102 Å². The number of hydrogen-bond donors (Lipinski definition) is 1. The summed E-state index contributed by atoms with van der Waals surface area (Å²) in [5, 5.41) is 4.84. The number of amides is 1. The molecule has 0 radical (unpaired) electrons. The number of anilines is 1. The zero-order chi connectivity index (χ0) is 24.8. The number of fused-ring (bicyclic) bond motifs is 1. The van der Waals surface area contributed by atoms with Crippen molar-refractivity contribution >= 4 is 32.4 Å². The molecule has 0 saturated heterocycles. The van der Waals surface area contributed by atoms with Crippen LogP contribution in [-0.4, -0.2) is 34.0 Å². The highest BCUT2D eigenvalue weighted by molar-refractivity contribution is 7.92. The zero-order valence-corrected chi connectivity index (χ0v) is 20.0. The van der Waals surface area contributed by atoms with Crippen molar-refractivity contribution in [1.29, 1.82) is 0 Å². The van der Waals surface area contributed by atoms with Crippen LogP contribution in [0.5, 0.6) is 5.75 Å². The van der Waals surface area contributed by atoms with E-state index in [1.165, 1.54) is 24.3 Å². The number of ether oxygens (including phenoxy) is 1. The van der Waals surface area contributed by atoms with Gasteiger partial charge in [0.2, 0.25) is 5.91 Å². The molecule has 1 N–H and O–H groups in total. The number of carbonyl (C=O) groups excluding carboxylic acids is 1. The van der Waals surface area contributed by atoms with E-state index >= 15 is 0 Å². The van der Waals surface area contributed by atoms with E-state index in [2.05, 4.69) is 5.32 Å². The van der Waals surface area contributed by atoms with Gasteiger partial charge in [-0.3, -0.25) is 9.10 Å². The minimum atomic E-state index is -4.05. The standard InChI is InChI=1S/C27H25FN2O4S/c1-20-6-14-26(15-7-20)35(32,33)30(24-11-9-23(28)10-12-24)19-27(31)29-16-17-34-25-13-8-21-4-2-3-5-22(21)18-25/h2-15,18H,16-17,19H2,1H3,(H,29,31). The maximum Gasteiger partial charge on any atom is 0.264 e. The topological polar surface area (TPSA) is 75.7 Å². The molecule has 0 fully saturated rings. The Morgan fingerprint density at radius 2 is 1.60 bits per heavy atom. The van der Waals surface area contributed by atoms with Gasteiger partial charge in [0.05, 0.1) is 17.1 Å². The zero-order valence-electron chi connectivity index (χ0n) is 19.1. The summed E-state index contributed by atoms with van der Waals surface area (Å²) in [6, 6.07) is 24.9. The summed E-state index contributed by atoms with van der Waals surface area (Å²) in [7, 11) is -4.05. The van der Waals surface area contributed by atoms with Gasteiger partial charge < -0.3 is 10.1 Å². The van der Waals surface area contributed by atoms with E-state index in [0.29, 0.717) is 5.75 Å². The molecule has 0 atom stereocenters. The molecule has 6 nitrogen and oxygen atoms in total. The summed E-state index contributed by atoms with van der Waals surface area (Å²) in [5.74, 6) is -0.336. The Kier molecular flexibility index (Phi) is 7.31. The fraction of sp³-hybridized carbons (Fsp3) is 0.148. The summed E-state index contributed by atoms with van der Waals surface area (Å²) in [6.07, 6.45) is 0. The van der Waals surface area contributed by atoms with Gasteiger partial charge >= 0.3 is 0 Å². The Labute approximate surface area is 204 Å². The van der Waals surface area contributed by atoms with Gasteiger partial charge in [-0.1, -0.05) is 48.0 Å².